The lowest BCUT2D eigenvalue weighted by Gasteiger charge is -2.22. The molecule has 0 radical (unpaired) electrons. The molecule has 6 nitrogen and oxygen atoms in total. The van der Waals surface area contributed by atoms with Crippen LogP contribution in [-0.4, -0.2) is 30.7 Å². The number of rotatable bonds is 4. The van der Waals surface area contributed by atoms with E-state index in [2.05, 4.69) is 9.71 Å². The van der Waals surface area contributed by atoms with Crippen molar-refractivity contribution in [1.29, 1.82) is 0 Å². The monoisotopic (exact) mass is 271 g/mol. The van der Waals surface area contributed by atoms with Gasteiger partial charge in [-0.05, 0) is 25.0 Å². The van der Waals surface area contributed by atoms with Crippen LogP contribution in [0.4, 0.5) is 5.82 Å². The van der Waals surface area contributed by atoms with Gasteiger partial charge in [0.2, 0.25) is 10.0 Å². The van der Waals surface area contributed by atoms with Gasteiger partial charge in [-0.3, -0.25) is 0 Å². The molecule has 0 aliphatic heterocycles. The lowest BCUT2D eigenvalue weighted by atomic mass is 10.0. The van der Waals surface area contributed by atoms with E-state index in [-0.39, 0.29) is 17.3 Å². The van der Waals surface area contributed by atoms with Crippen molar-refractivity contribution in [2.75, 3.05) is 12.3 Å². The lowest BCUT2D eigenvalue weighted by molar-refractivity contribution is 0.0532. The predicted molar refractivity (Wildman–Crippen MR) is 67.3 cm³/mol. The first-order chi connectivity index (χ1) is 8.43. The molecule has 18 heavy (non-hydrogen) atoms. The van der Waals surface area contributed by atoms with Gasteiger partial charge in [0.15, 0.2) is 0 Å². The van der Waals surface area contributed by atoms with Gasteiger partial charge < -0.3 is 10.8 Å². The van der Waals surface area contributed by atoms with Crippen molar-refractivity contribution in [2.45, 2.75) is 36.2 Å². The quantitative estimate of drug-likeness (QED) is 0.728. The van der Waals surface area contributed by atoms with Gasteiger partial charge in [0.1, 0.15) is 10.7 Å². The van der Waals surface area contributed by atoms with Gasteiger partial charge in [0, 0.05) is 12.7 Å². The summed E-state index contributed by atoms with van der Waals surface area (Å²) in [6.07, 6.45) is 4.52. The van der Waals surface area contributed by atoms with E-state index in [4.69, 9.17) is 5.73 Å². The lowest BCUT2D eigenvalue weighted by Crippen LogP contribution is -2.40. The van der Waals surface area contributed by atoms with E-state index in [1.807, 2.05) is 0 Å². The number of hydrogen-bond donors (Lipinski definition) is 3. The number of pyridine rings is 1. The molecule has 4 N–H and O–H groups in total. The minimum absolute atomic E-state index is 0.0175. The van der Waals surface area contributed by atoms with E-state index in [1.165, 1.54) is 18.3 Å². The Morgan fingerprint density at radius 3 is 2.72 bits per heavy atom. The predicted octanol–water partition coefficient (Wildman–Crippen LogP) is 0.247. The van der Waals surface area contributed by atoms with Crippen LogP contribution in [0.5, 0.6) is 0 Å². The van der Waals surface area contributed by atoms with Gasteiger partial charge in [-0.15, -0.1) is 0 Å². The summed E-state index contributed by atoms with van der Waals surface area (Å²) in [5.41, 5.74) is 4.60. The van der Waals surface area contributed by atoms with E-state index in [1.54, 1.807) is 0 Å². The van der Waals surface area contributed by atoms with Crippen LogP contribution in [-0.2, 0) is 10.0 Å². The van der Waals surface area contributed by atoms with Crippen molar-refractivity contribution >= 4 is 15.8 Å². The van der Waals surface area contributed by atoms with Crippen LogP contribution < -0.4 is 10.5 Å². The SMILES string of the molecule is Nc1ncccc1S(=O)(=O)NCC1(O)CCCC1. The van der Waals surface area contributed by atoms with Crippen LogP contribution in [0.15, 0.2) is 23.2 Å². The minimum Gasteiger partial charge on any atom is -0.389 e. The Kier molecular flexibility index (Phi) is 3.56. The van der Waals surface area contributed by atoms with E-state index in [0.717, 1.165) is 12.8 Å². The first-order valence-electron chi connectivity index (χ1n) is 5.86. The second-order valence-electron chi connectivity index (χ2n) is 4.64. The standard InChI is InChI=1S/C11H17N3O3S/c12-10-9(4-3-7-13-10)18(16,17)14-8-11(15)5-1-2-6-11/h3-4,7,14-15H,1-2,5-6,8H2,(H2,12,13). The Morgan fingerprint density at radius 2 is 2.11 bits per heavy atom. The molecule has 1 fully saturated rings. The molecule has 0 saturated heterocycles. The van der Waals surface area contributed by atoms with Gasteiger partial charge in [0.25, 0.3) is 0 Å². The van der Waals surface area contributed by atoms with Crippen molar-refractivity contribution < 1.29 is 13.5 Å². The maximum Gasteiger partial charge on any atom is 0.244 e. The number of nitrogen functional groups attached to an aromatic ring is 1. The first-order valence-corrected chi connectivity index (χ1v) is 7.34. The maximum absolute atomic E-state index is 12.0. The molecular weight excluding hydrogens is 254 g/mol. The molecule has 1 saturated carbocycles. The summed E-state index contributed by atoms with van der Waals surface area (Å²) in [6.45, 7) is 0.0175. The molecule has 1 aliphatic carbocycles. The van der Waals surface area contributed by atoms with Gasteiger partial charge in [-0.2, -0.15) is 0 Å². The highest BCUT2D eigenvalue weighted by Gasteiger charge is 2.32. The van der Waals surface area contributed by atoms with E-state index in [9.17, 15) is 13.5 Å². The molecule has 100 valence electrons. The Hall–Kier alpha value is -1.18. The summed E-state index contributed by atoms with van der Waals surface area (Å²) in [7, 11) is -3.71. The average molecular weight is 271 g/mol. The molecule has 0 amide bonds. The molecule has 0 bridgehead atoms. The van der Waals surface area contributed by atoms with Crippen LogP contribution in [0, 0.1) is 0 Å². The normalized spacial score (nSPS) is 18.9. The summed E-state index contributed by atoms with van der Waals surface area (Å²) in [6, 6.07) is 2.90. The number of sulfonamides is 1. The first kappa shape index (κ1) is 13.3. The number of aliphatic hydroxyl groups is 1. The molecule has 7 heteroatoms. The largest absolute Gasteiger partial charge is 0.389 e. The Morgan fingerprint density at radius 1 is 1.44 bits per heavy atom. The fourth-order valence-corrected chi connectivity index (χ4v) is 3.35. The summed E-state index contributed by atoms with van der Waals surface area (Å²) in [5.74, 6) is -0.0385. The number of anilines is 1. The maximum atomic E-state index is 12.0. The average Bonchev–Trinajstić information content (AvgIpc) is 2.75. The molecule has 1 aromatic rings. The number of nitrogens with one attached hydrogen (secondary N) is 1. The number of nitrogens with two attached hydrogens (primary N) is 1. The second kappa shape index (κ2) is 4.83. The molecule has 0 unspecified atom stereocenters. The van der Waals surface area contributed by atoms with Crippen LogP contribution in [0.25, 0.3) is 0 Å². The van der Waals surface area contributed by atoms with Crippen molar-refractivity contribution in [3.05, 3.63) is 18.3 Å². The summed E-state index contributed by atoms with van der Waals surface area (Å²) in [4.78, 5) is 3.69. The Labute approximate surface area is 106 Å². The highest BCUT2D eigenvalue weighted by Crippen LogP contribution is 2.29. The van der Waals surface area contributed by atoms with Crippen molar-refractivity contribution in [2.24, 2.45) is 0 Å². The van der Waals surface area contributed by atoms with Crippen LogP contribution >= 0.6 is 0 Å². The summed E-state index contributed by atoms with van der Waals surface area (Å²) < 4.78 is 26.4. The zero-order valence-electron chi connectivity index (χ0n) is 9.96. The Balaban J connectivity index is 2.11. The van der Waals surface area contributed by atoms with Crippen LogP contribution in [0.3, 0.4) is 0 Å². The Bertz CT molecular complexity index is 524. The van der Waals surface area contributed by atoms with Gasteiger partial charge in [-0.25, -0.2) is 18.1 Å². The topological polar surface area (TPSA) is 105 Å². The van der Waals surface area contributed by atoms with Crippen molar-refractivity contribution in [3.63, 3.8) is 0 Å². The van der Waals surface area contributed by atoms with Crippen LogP contribution in [0.1, 0.15) is 25.7 Å². The van der Waals surface area contributed by atoms with E-state index >= 15 is 0 Å². The third-order valence-corrected chi connectivity index (χ3v) is 4.66. The molecule has 2 rings (SSSR count). The van der Waals surface area contributed by atoms with Crippen molar-refractivity contribution in [3.8, 4) is 0 Å². The number of nitrogens with zero attached hydrogens (tertiary/aromatic N) is 1. The van der Waals surface area contributed by atoms with Gasteiger partial charge in [0.05, 0.1) is 5.60 Å². The highest BCUT2D eigenvalue weighted by molar-refractivity contribution is 7.89. The zero-order chi connectivity index (χ0) is 13.2. The third kappa shape index (κ3) is 2.80. The summed E-state index contributed by atoms with van der Waals surface area (Å²) >= 11 is 0. The summed E-state index contributed by atoms with van der Waals surface area (Å²) in [5, 5.41) is 10.1. The van der Waals surface area contributed by atoms with E-state index in [0.29, 0.717) is 12.8 Å². The van der Waals surface area contributed by atoms with Crippen molar-refractivity contribution in [1.82, 2.24) is 9.71 Å². The smallest absolute Gasteiger partial charge is 0.244 e. The molecule has 1 aromatic heterocycles. The molecule has 0 atom stereocenters. The van der Waals surface area contributed by atoms with E-state index < -0.39 is 15.6 Å². The highest BCUT2D eigenvalue weighted by atomic mass is 32.2. The third-order valence-electron chi connectivity index (χ3n) is 3.21. The van der Waals surface area contributed by atoms with Gasteiger partial charge >= 0.3 is 0 Å². The molecule has 1 aliphatic rings. The fraction of sp³-hybridized carbons (Fsp3) is 0.545. The fourth-order valence-electron chi connectivity index (χ4n) is 2.15. The molecular formula is C11H17N3O3S. The number of hydrogen-bond acceptors (Lipinski definition) is 5. The minimum atomic E-state index is -3.71. The number of aromatic nitrogens is 1. The second-order valence-corrected chi connectivity index (χ2v) is 6.38. The molecule has 0 spiro atoms. The van der Waals surface area contributed by atoms with Crippen LogP contribution in [0.2, 0.25) is 0 Å². The van der Waals surface area contributed by atoms with Gasteiger partial charge in [-0.1, -0.05) is 12.8 Å². The zero-order valence-corrected chi connectivity index (χ0v) is 10.8. The molecule has 0 aromatic carbocycles. The molecule has 1 heterocycles.